The van der Waals surface area contributed by atoms with Crippen LogP contribution in [0.3, 0.4) is 0 Å². The van der Waals surface area contributed by atoms with Crippen LogP contribution in [-0.4, -0.2) is 24.2 Å². The van der Waals surface area contributed by atoms with Crippen LogP contribution in [0.2, 0.25) is 0 Å². The normalized spacial score (nSPS) is 15.0. The molecule has 0 aliphatic carbocycles. The fourth-order valence-electron chi connectivity index (χ4n) is 2.76. The van der Waals surface area contributed by atoms with Gasteiger partial charge in [-0.15, -0.1) is 0 Å². The molecule has 0 fully saturated rings. The Balaban J connectivity index is 1.76. The fourth-order valence-corrected chi connectivity index (χ4v) is 2.76. The van der Waals surface area contributed by atoms with E-state index < -0.39 is 0 Å². The van der Waals surface area contributed by atoms with Crippen LogP contribution in [0.15, 0.2) is 48.5 Å². The second kappa shape index (κ2) is 6.84. The molecular formula is C19H23NO2. The third kappa shape index (κ3) is 3.60. The zero-order chi connectivity index (χ0) is 15.4. The van der Waals surface area contributed by atoms with Gasteiger partial charge in [0.1, 0.15) is 18.1 Å². The van der Waals surface area contributed by atoms with Crippen molar-refractivity contribution in [3.63, 3.8) is 0 Å². The number of fused-ring (bicyclic) bond motifs is 1. The highest BCUT2D eigenvalue weighted by molar-refractivity contribution is 5.35. The highest BCUT2D eigenvalue weighted by Crippen LogP contribution is 2.26. The maximum absolute atomic E-state index is 5.93. The van der Waals surface area contributed by atoms with E-state index in [0.29, 0.717) is 0 Å². The molecule has 0 unspecified atom stereocenters. The van der Waals surface area contributed by atoms with Crippen molar-refractivity contribution >= 4 is 0 Å². The molecule has 116 valence electrons. The number of hydrogen-bond acceptors (Lipinski definition) is 3. The van der Waals surface area contributed by atoms with Crippen molar-refractivity contribution in [1.29, 1.82) is 0 Å². The van der Waals surface area contributed by atoms with Crippen LogP contribution in [0.25, 0.3) is 0 Å². The second-order valence-corrected chi connectivity index (χ2v) is 5.94. The third-order valence-electron chi connectivity index (χ3n) is 3.76. The van der Waals surface area contributed by atoms with Gasteiger partial charge in [0.05, 0.1) is 6.10 Å². The van der Waals surface area contributed by atoms with Gasteiger partial charge in [0.2, 0.25) is 0 Å². The molecule has 0 saturated carbocycles. The standard InChI is InChI=1S/C19H23NO2/c1-15(2)22-19-10-6-4-8-17(19)14-20-11-12-21-18-9-5-3-7-16(18)13-20/h3-10,15H,11-14H2,1-2H3. The molecule has 0 saturated heterocycles. The van der Waals surface area contributed by atoms with Crippen LogP contribution in [0.5, 0.6) is 11.5 Å². The first kappa shape index (κ1) is 14.9. The minimum atomic E-state index is 0.189. The number of rotatable bonds is 4. The number of para-hydroxylation sites is 2. The van der Waals surface area contributed by atoms with Crippen molar-refractivity contribution in [2.24, 2.45) is 0 Å². The van der Waals surface area contributed by atoms with Crippen LogP contribution in [-0.2, 0) is 13.1 Å². The molecule has 1 aliphatic rings. The zero-order valence-electron chi connectivity index (χ0n) is 13.3. The number of hydrogen-bond donors (Lipinski definition) is 0. The lowest BCUT2D eigenvalue weighted by atomic mass is 10.1. The molecule has 2 aromatic carbocycles. The van der Waals surface area contributed by atoms with Crippen LogP contribution in [0, 0.1) is 0 Å². The van der Waals surface area contributed by atoms with Crippen molar-refractivity contribution in [2.75, 3.05) is 13.2 Å². The molecule has 0 N–H and O–H groups in total. The van der Waals surface area contributed by atoms with E-state index in [1.54, 1.807) is 0 Å². The van der Waals surface area contributed by atoms with Gasteiger partial charge < -0.3 is 9.47 Å². The van der Waals surface area contributed by atoms with Gasteiger partial charge in [0.25, 0.3) is 0 Å². The molecule has 0 amide bonds. The molecule has 3 rings (SSSR count). The van der Waals surface area contributed by atoms with E-state index in [1.165, 1.54) is 11.1 Å². The van der Waals surface area contributed by atoms with Crippen LogP contribution in [0.1, 0.15) is 25.0 Å². The number of nitrogens with zero attached hydrogens (tertiary/aromatic N) is 1. The molecule has 22 heavy (non-hydrogen) atoms. The van der Waals surface area contributed by atoms with Gasteiger partial charge in [-0.1, -0.05) is 36.4 Å². The Bertz CT molecular complexity index is 624. The molecule has 2 aromatic rings. The largest absolute Gasteiger partial charge is 0.492 e. The molecule has 1 aliphatic heterocycles. The first-order valence-electron chi connectivity index (χ1n) is 7.90. The van der Waals surface area contributed by atoms with Crippen molar-refractivity contribution in [2.45, 2.75) is 33.0 Å². The average molecular weight is 297 g/mol. The summed E-state index contributed by atoms with van der Waals surface area (Å²) in [6.07, 6.45) is 0.189. The zero-order valence-corrected chi connectivity index (χ0v) is 13.3. The Kier molecular flexibility index (Phi) is 4.64. The summed E-state index contributed by atoms with van der Waals surface area (Å²) in [7, 11) is 0. The summed E-state index contributed by atoms with van der Waals surface area (Å²) >= 11 is 0. The van der Waals surface area contributed by atoms with E-state index in [0.717, 1.165) is 37.7 Å². The summed E-state index contributed by atoms with van der Waals surface area (Å²) in [5.74, 6) is 1.99. The molecule has 1 heterocycles. The summed E-state index contributed by atoms with van der Waals surface area (Å²) in [5.41, 5.74) is 2.48. The molecule has 0 atom stereocenters. The summed E-state index contributed by atoms with van der Waals surface area (Å²) in [6.45, 7) is 7.56. The van der Waals surface area contributed by atoms with Crippen LogP contribution < -0.4 is 9.47 Å². The molecule has 3 heteroatoms. The second-order valence-electron chi connectivity index (χ2n) is 5.94. The molecule has 0 bridgehead atoms. The predicted molar refractivity (Wildman–Crippen MR) is 88.3 cm³/mol. The molecule has 0 aromatic heterocycles. The van der Waals surface area contributed by atoms with Gasteiger partial charge in [0.15, 0.2) is 0 Å². The minimum absolute atomic E-state index is 0.189. The highest BCUT2D eigenvalue weighted by atomic mass is 16.5. The summed E-state index contributed by atoms with van der Waals surface area (Å²) in [5, 5.41) is 0. The van der Waals surface area contributed by atoms with E-state index in [4.69, 9.17) is 9.47 Å². The van der Waals surface area contributed by atoms with Crippen molar-refractivity contribution in [1.82, 2.24) is 4.90 Å². The van der Waals surface area contributed by atoms with E-state index in [9.17, 15) is 0 Å². The van der Waals surface area contributed by atoms with Crippen LogP contribution >= 0.6 is 0 Å². The monoisotopic (exact) mass is 297 g/mol. The predicted octanol–water partition coefficient (Wildman–Crippen LogP) is 3.87. The topological polar surface area (TPSA) is 21.7 Å². The fraction of sp³-hybridized carbons (Fsp3) is 0.368. The maximum atomic E-state index is 5.93. The van der Waals surface area contributed by atoms with Gasteiger partial charge in [-0.25, -0.2) is 0 Å². The lowest BCUT2D eigenvalue weighted by Gasteiger charge is -2.22. The SMILES string of the molecule is CC(C)Oc1ccccc1CN1CCOc2ccccc2C1. The van der Waals surface area contributed by atoms with Gasteiger partial charge in [-0.3, -0.25) is 4.90 Å². The lowest BCUT2D eigenvalue weighted by molar-refractivity contribution is 0.207. The molecule has 0 radical (unpaired) electrons. The van der Waals surface area contributed by atoms with E-state index in [-0.39, 0.29) is 6.10 Å². The highest BCUT2D eigenvalue weighted by Gasteiger charge is 2.16. The first-order valence-corrected chi connectivity index (χ1v) is 7.90. The Morgan fingerprint density at radius 3 is 2.73 bits per heavy atom. The Hall–Kier alpha value is -2.00. The molecular weight excluding hydrogens is 274 g/mol. The third-order valence-corrected chi connectivity index (χ3v) is 3.76. The summed E-state index contributed by atoms with van der Waals surface area (Å²) in [6, 6.07) is 16.6. The van der Waals surface area contributed by atoms with E-state index in [1.807, 2.05) is 12.1 Å². The van der Waals surface area contributed by atoms with Gasteiger partial charge in [-0.2, -0.15) is 0 Å². The van der Waals surface area contributed by atoms with E-state index in [2.05, 4.69) is 55.1 Å². The first-order chi connectivity index (χ1) is 10.7. The Morgan fingerprint density at radius 2 is 1.86 bits per heavy atom. The average Bonchev–Trinajstić information content (AvgIpc) is 2.70. The smallest absolute Gasteiger partial charge is 0.124 e. The Labute approximate surface area is 132 Å². The van der Waals surface area contributed by atoms with Gasteiger partial charge in [-0.05, 0) is 26.0 Å². The lowest BCUT2D eigenvalue weighted by Crippen LogP contribution is -2.25. The quantitative estimate of drug-likeness (QED) is 0.855. The maximum Gasteiger partial charge on any atom is 0.124 e. The molecule has 3 nitrogen and oxygen atoms in total. The minimum Gasteiger partial charge on any atom is -0.492 e. The van der Waals surface area contributed by atoms with Gasteiger partial charge in [0, 0.05) is 30.8 Å². The van der Waals surface area contributed by atoms with Crippen molar-refractivity contribution in [3.05, 3.63) is 59.7 Å². The van der Waals surface area contributed by atoms with Gasteiger partial charge >= 0.3 is 0 Å². The summed E-state index contributed by atoms with van der Waals surface area (Å²) < 4.78 is 11.8. The molecule has 0 spiro atoms. The number of ether oxygens (including phenoxy) is 2. The number of benzene rings is 2. The summed E-state index contributed by atoms with van der Waals surface area (Å²) in [4.78, 5) is 2.41. The van der Waals surface area contributed by atoms with Crippen molar-refractivity contribution < 1.29 is 9.47 Å². The van der Waals surface area contributed by atoms with Crippen LogP contribution in [0.4, 0.5) is 0 Å². The van der Waals surface area contributed by atoms with E-state index >= 15 is 0 Å². The van der Waals surface area contributed by atoms with Crippen molar-refractivity contribution in [3.8, 4) is 11.5 Å². The Morgan fingerprint density at radius 1 is 1.09 bits per heavy atom.